The summed E-state index contributed by atoms with van der Waals surface area (Å²) in [5.41, 5.74) is 1.42. The van der Waals surface area contributed by atoms with Crippen molar-refractivity contribution in [1.82, 2.24) is 9.88 Å². The van der Waals surface area contributed by atoms with Crippen LogP contribution >= 0.6 is 0 Å². The Hall–Kier alpha value is -3.02. The maximum Gasteiger partial charge on any atom is 0.253 e. The van der Waals surface area contributed by atoms with Crippen LogP contribution in [0.3, 0.4) is 0 Å². The zero-order valence-corrected chi connectivity index (χ0v) is 13.1. The van der Waals surface area contributed by atoms with Gasteiger partial charge in [0.15, 0.2) is 0 Å². The quantitative estimate of drug-likeness (QED) is 0.784. The van der Waals surface area contributed by atoms with Crippen molar-refractivity contribution in [2.24, 2.45) is 0 Å². The van der Waals surface area contributed by atoms with Gasteiger partial charge in [0.1, 0.15) is 17.2 Å². The highest BCUT2D eigenvalue weighted by Gasteiger charge is 2.24. The Morgan fingerprint density at radius 3 is 2.54 bits per heavy atom. The number of furan rings is 1. The van der Waals surface area contributed by atoms with Crippen molar-refractivity contribution in [3.8, 4) is 5.75 Å². The third-order valence-electron chi connectivity index (χ3n) is 4.34. The lowest BCUT2D eigenvalue weighted by atomic mass is 10.1. The SMILES string of the molecule is O=C(c1ccc(O)cc1)N1CCN(c2nccc3occc23)CC1. The third kappa shape index (κ3) is 2.56. The Morgan fingerprint density at radius 2 is 1.79 bits per heavy atom. The Balaban J connectivity index is 1.48. The number of pyridine rings is 1. The van der Waals surface area contributed by atoms with E-state index in [-0.39, 0.29) is 11.7 Å². The van der Waals surface area contributed by atoms with Gasteiger partial charge in [-0.25, -0.2) is 4.98 Å². The van der Waals surface area contributed by atoms with Crippen molar-refractivity contribution in [2.45, 2.75) is 0 Å². The lowest BCUT2D eigenvalue weighted by molar-refractivity contribution is 0.0746. The summed E-state index contributed by atoms with van der Waals surface area (Å²) in [5, 5.41) is 10.3. The Kier molecular flexibility index (Phi) is 3.57. The molecule has 1 aliphatic rings. The first-order valence-electron chi connectivity index (χ1n) is 7.88. The fraction of sp³-hybridized carbons (Fsp3) is 0.222. The number of aromatic hydroxyl groups is 1. The molecule has 6 nitrogen and oxygen atoms in total. The van der Waals surface area contributed by atoms with Gasteiger partial charge < -0.3 is 19.3 Å². The summed E-state index contributed by atoms with van der Waals surface area (Å²) in [4.78, 5) is 21.0. The fourth-order valence-corrected chi connectivity index (χ4v) is 3.04. The molecule has 0 spiro atoms. The van der Waals surface area contributed by atoms with Crippen LogP contribution in [0.2, 0.25) is 0 Å². The molecule has 3 aromatic rings. The lowest BCUT2D eigenvalue weighted by Crippen LogP contribution is -2.49. The molecule has 3 heterocycles. The molecule has 4 rings (SSSR count). The first-order valence-corrected chi connectivity index (χ1v) is 7.88. The standard InChI is InChI=1S/C18H17N3O3/c22-14-3-1-13(2-4-14)18(23)21-10-8-20(9-11-21)17-15-6-12-24-16(15)5-7-19-17/h1-7,12,22H,8-11H2. The molecule has 24 heavy (non-hydrogen) atoms. The molecule has 0 radical (unpaired) electrons. The van der Waals surface area contributed by atoms with Crippen LogP contribution in [0, 0.1) is 0 Å². The number of hydrogen-bond acceptors (Lipinski definition) is 5. The molecule has 0 unspecified atom stereocenters. The lowest BCUT2D eigenvalue weighted by Gasteiger charge is -2.35. The van der Waals surface area contributed by atoms with Crippen molar-refractivity contribution in [1.29, 1.82) is 0 Å². The summed E-state index contributed by atoms with van der Waals surface area (Å²) in [6.45, 7) is 2.72. The fourth-order valence-electron chi connectivity index (χ4n) is 3.04. The maximum absolute atomic E-state index is 12.5. The molecule has 0 bridgehead atoms. The number of aromatic nitrogens is 1. The Morgan fingerprint density at radius 1 is 1.04 bits per heavy atom. The summed E-state index contributed by atoms with van der Waals surface area (Å²) in [6, 6.07) is 10.1. The largest absolute Gasteiger partial charge is 0.508 e. The van der Waals surface area contributed by atoms with Crippen LogP contribution in [-0.2, 0) is 0 Å². The van der Waals surface area contributed by atoms with Gasteiger partial charge in [-0.1, -0.05) is 0 Å². The van der Waals surface area contributed by atoms with Gasteiger partial charge in [0, 0.05) is 37.9 Å². The van der Waals surface area contributed by atoms with Crippen molar-refractivity contribution < 1.29 is 14.3 Å². The van der Waals surface area contributed by atoms with E-state index in [1.165, 1.54) is 12.1 Å². The van der Waals surface area contributed by atoms with E-state index in [9.17, 15) is 9.90 Å². The van der Waals surface area contributed by atoms with Gasteiger partial charge in [0.2, 0.25) is 0 Å². The van der Waals surface area contributed by atoms with Gasteiger partial charge in [0.25, 0.3) is 5.91 Å². The van der Waals surface area contributed by atoms with Gasteiger partial charge in [-0.15, -0.1) is 0 Å². The highest BCUT2D eigenvalue weighted by Crippen LogP contribution is 2.26. The highest BCUT2D eigenvalue weighted by molar-refractivity contribution is 5.94. The molecule has 1 amide bonds. The van der Waals surface area contributed by atoms with Crippen LogP contribution in [0.15, 0.2) is 53.3 Å². The number of amides is 1. The first kappa shape index (κ1) is 14.6. The minimum atomic E-state index is -0.0101. The Labute approximate surface area is 138 Å². The molecule has 0 saturated carbocycles. The van der Waals surface area contributed by atoms with Crippen LogP contribution in [-0.4, -0.2) is 47.1 Å². The highest BCUT2D eigenvalue weighted by atomic mass is 16.3. The normalized spacial score (nSPS) is 15.0. The number of nitrogens with zero attached hydrogens (tertiary/aromatic N) is 3. The van der Waals surface area contributed by atoms with Crippen LogP contribution < -0.4 is 4.90 Å². The maximum atomic E-state index is 12.5. The van der Waals surface area contributed by atoms with Gasteiger partial charge >= 0.3 is 0 Å². The number of hydrogen-bond donors (Lipinski definition) is 1. The molecule has 1 aliphatic heterocycles. The van der Waals surface area contributed by atoms with Gasteiger partial charge in [-0.3, -0.25) is 4.79 Å². The van der Waals surface area contributed by atoms with Crippen LogP contribution in [0.4, 0.5) is 5.82 Å². The van der Waals surface area contributed by atoms with Crippen molar-refractivity contribution in [2.75, 3.05) is 31.1 Å². The number of phenols is 1. The molecule has 0 aliphatic carbocycles. The van der Waals surface area contributed by atoms with Crippen molar-refractivity contribution in [3.05, 3.63) is 54.4 Å². The van der Waals surface area contributed by atoms with Crippen molar-refractivity contribution in [3.63, 3.8) is 0 Å². The first-order chi connectivity index (χ1) is 11.7. The summed E-state index contributed by atoms with van der Waals surface area (Å²) < 4.78 is 5.42. The number of anilines is 1. The predicted octanol–water partition coefficient (Wildman–Crippen LogP) is 2.50. The molecule has 122 valence electrons. The summed E-state index contributed by atoms with van der Waals surface area (Å²) in [6.07, 6.45) is 3.41. The molecule has 0 atom stereocenters. The second kappa shape index (κ2) is 5.88. The second-order valence-corrected chi connectivity index (χ2v) is 5.79. The smallest absolute Gasteiger partial charge is 0.253 e. The number of rotatable bonds is 2. The molecular weight excluding hydrogens is 306 g/mol. The minimum absolute atomic E-state index is 0.0101. The number of carbonyl (C=O) groups is 1. The zero-order valence-electron chi connectivity index (χ0n) is 13.1. The van der Waals surface area contributed by atoms with E-state index in [4.69, 9.17) is 4.42 Å². The zero-order chi connectivity index (χ0) is 16.5. The van der Waals surface area contributed by atoms with Gasteiger partial charge in [-0.2, -0.15) is 0 Å². The van der Waals surface area contributed by atoms with E-state index in [1.54, 1.807) is 24.6 Å². The number of benzene rings is 1. The second-order valence-electron chi connectivity index (χ2n) is 5.79. The number of phenolic OH excluding ortho intramolecular Hbond substituents is 1. The summed E-state index contributed by atoms with van der Waals surface area (Å²) >= 11 is 0. The molecule has 1 aromatic carbocycles. The van der Waals surface area contributed by atoms with E-state index in [0.29, 0.717) is 18.7 Å². The molecule has 1 saturated heterocycles. The molecule has 2 aromatic heterocycles. The van der Waals surface area contributed by atoms with Crippen LogP contribution in [0.5, 0.6) is 5.75 Å². The average Bonchev–Trinajstić information content (AvgIpc) is 3.11. The Bertz CT molecular complexity index is 865. The predicted molar refractivity (Wildman–Crippen MR) is 90.2 cm³/mol. The molecular formula is C18H17N3O3. The third-order valence-corrected chi connectivity index (χ3v) is 4.34. The average molecular weight is 323 g/mol. The molecule has 6 heteroatoms. The van der Waals surface area contributed by atoms with E-state index < -0.39 is 0 Å². The number of piperazine rings is 1. The van der Waals surface area contributed by atoms with Crippen LogP contribution in [0.25, 0.3) is 11.0 Å². The monoisotopic (exact) mass is 323 g/mol. The number of fused-ring (bicyclic) bond motifs is 1. The van der Waals surface area contributed by atoms with E-state index in [0.717, 1.165) is 29.9 Å². The van der Waals surface area contributed by atoms with Crippen LogP contribution in [0.1, 0.15) is 10.4 Å². The van der Waals surface area contributed by atoms with Gasteiger partial charge in [-0.05, 0) is 36.4 Å². The molecule has 1 N–H and O–H groups in total. The van der Waals surface area contributed by atoms with E-state index in [2.05, 4.69) is 9.88 Å². The van der Waals surface area contributed by atoms with Crippen molar-refractivity contribution >= 4 is 22.7 Å². The number of carbonyl (C=O) groups excluding carboxylic acids is 1. The molecule has 1 fully saturated rings. The minimum Gasteiger partial charge on any atom is -0.508 e. The van der Waals surface area contributed by atoms with E-state index >= 15 is 0 Å². The van der Waals surface area contributed by atoms with E-state index in [1.807, 2.05) is 17.0 Å². The summed E-state index contributed by atoms with van der Waals surface area (Å²) in [5.74, 6) is 1.05. The topological polar surface area (TPSA) is 69.8 Å². The van der Waals surface area contributed by atoms with Gasteiger partial charge in [0.05, 0.1) is 11.6 Å². The summed E-state index contributed by atoms with van der Waals surface area (Å²) in [7, 11) is 0.